The fourth-order valence-electron chi connectivity index (χ4n) is 1.63. The number of ether oxygens (including phenoxy) is 1. The molecule has 2 heterocycles. The molecule has 0 aromatic rings. The molecule has 0 radical (unpaired) electrons. The lowest BCUT2D eigenvalue weighted by molar-refractivity contribution is -0.253. The average molecular weight is 168 g/mol. The van der Waals surface area contributed by atoms with E-state index in [0.29, 0.717) is 0 Å². The zero-order valence-corrected chi connectivity index (χ0v) is 5.56. The van der Waals surface area contributed by atoms with Gasteiger partial charge in [-0.1, -0.05) is 0 Å². The highest BCUT2D eigenvalue weighted by molar-refractivity contribution is 5.07. The maximum Gasteiger partial charge on any atom is 0.333 e. The Labute approximate surface area is 61.0 Å². The van der Waals surface area contributed by atoms with E-state index in [-0.39, 0.29) is 12.8 Å². The van der Waals surface area contributed by atoms with Crippen molar-refractivity contribution in [3.63, 3.8) is 0 Å². The summed E-state index contributed by atoms with van der Waals surface area (Å²) in [6, 6.07) is 0. The zero-order valence-electron chi connectivity index (χ0n) is 5.56. The van der Waals surface area contributed by atoms with Crippen molar-refractivity contribution in [3.05, 3.63) is 0 Å². The minimum absolute atomic E-state index is 0.129. The predicted octanol–water partition coefficient (Wildman–Crippen LogP) is 0.841. The molecule has 0 aliphatic carbocycles. The third-order valence-corrected chi connectivity index (χ3v) is 2.32. The van der Waals surface area contributed by atoms with Gasteiger partial charge >= 0.3 is 5.92 Å². The number of hydrogen-bond donors (Lipinski definition) is 1. The van der Waals surface area contributed by atoms with E-state index in [9.17, 15) is 13.2 Å². The van der Waals surface area contributed by atoms with E-state index in [4.69, 9.17) is 5.11 Å². The number of rotatable bonds is 0. The van der Waals surface area contributed by atoms with Crippen LogP contribution in [0.25, 0.3) is 0 Å². The van der Waals surface area contributed by atoms with Gasteiger partial charge in [0.25, 0.3) is 5.85 Å². The minimum atomic E-state index is -3.73. The van der Waals surface area contributed by atoms with E-state index >= 15 is 0 Å². The summed E-state index contributed by atoms with van der Waals surface area (Å²) < 4.78 is 42.6. The van der Waals surface area contributed by atoms with Crippen LogP contribution in [0.5, 0.6) is 0 Å². The molecule has 0 amide bonds. The normalized spacial score (nSPS) is 53.5. The molecule has 3 atom stereocenters. The van der Waals surface area contributed by atoms with Crippen LogP contribution in [0, 0.1) is 0 Å². The van der Waals surface area contributed by atoms with Gasteiger partial charge in [0.05, 0.1) is 0 Å². The van der Waals surface area contributed by atoms with Gasteiger partial charge in [0.2, 0.25) is 0 Å². The van der Waals surface area contributed by atoms with Gasteiger partial charge in [0, 0.05) is 0 Å². The zero-order chi connectivity index (χ0) is 8.28. The monoisotopic (exact) mass is 168 g/mol. The Hall–Kier alpha value is -0.290. The molecule has 2 rings (SSSR count). The van der Waals surface area contributed by atoms with Crippen molar-refractivity contribution in [2.45, 2.75) is 36.8 Å². The van der Waals surface area contributed by atoms with Crippen LogP contribution in [-0.2, 0) is 4.74 Å². The molecule has 2 bridgehead atoms. The van der Waals surface area contributed by atoms with Gasteiger partial charge in [0.1, 0.15) is 12.2 Å². The lowest BCUT2D eigenvalue weighted by Gasteiger charge is -2.28. The van der Waals surface area contributed by atoms with Gasteiger partial charge in [0.15, 0.2) is 0 Å². The highest BCUT2D eigenvalue weighted by Gasteiger charge is 2.73. The third kappa shape index (κ3) is 0.654. The fourth-order valence-corrected chi connectivity index (χ4v) is 1.63. The third-order valence-electron chi connectivity index (χ3n) is 2.32. The van der Waals surface area contributed by atoms with Crippen molar-refractivity contribution in [3.8, 4) is 0 Å². The SMILES string of the molecule is OC1(F)C2CCC(O2)C1(F)F. The van der Waals surface area contributed by atoms with E-state index in [1.54, 1.807) is 0 Å². The first-order valence-electron chi connectivity index (χ1n) is 3.41. The lowest BCUT2D eigenvalue weighted by atomic mass is 9.92. The van der Waals surface area contributed by atoms with Gasteiger partial charge in [-0.15, -0.1) is 0 Å². The molecule has 2 fully saturated rings. The average Bonchev–Trinajstić information content (AvgIpc) is 2.37. The summed E-state index contributed by atoms with van der Waals surface area (Å²) in [7, 11) is 0. The Morgan fingerprint density at radius 3 is 2.00 bits per heavy atom. The van der Waals surface area contributed by atoms with Crippen LogP contribution in [0.4, 0.5) is 13.2 Å². The van der Waals surface area contributed by atoms with Crippen molar-refractivity contribution in [2.24, 2.45) is 0 Å². The first-order valence-corrected chi connectivity index (χ1v) is 3.41. The van der Waals surface area contributed by atoms with Crippen LogP contribution in [0.3, 0.4) is 0 Å². The molecule has 0 saturated carbocycles. The van der Waals surface area contributed by atoms with Gasteiger partial charge in [-0.05, 0) is 12.8 Å². The quantitative estimate of drug-likeness (QED) is 0.580. The van der Waals surface area contributed by atoms with Crippen LogP contribution in [0.1, 0.15) is 12.8 Å². The molecule has 3 unspecified atom stereocenters. The Morgan fingerprint density at radius 1 is 1.18 bits per heavy atom. The topological polar surface area (TPSA) is 29.5 Å². The number of fused-ring (bicyclic) bond motifs is 2. The molecule has 0 aromatic heterocycles. The van der Waals surface area contributed by atoms with E-state index in [1.165, 1.54) is 0 Å². The molecular formula is C6H7F3O2. The molecule has 2 aliphatic rings. The standard InChI is InChI=1S/C6H7F3O2/c7-5(8)3-1-2-4(11-3)6(5,9)10/h3-4,10H,1-2H2. The number of alkyl halides is 3. The van der Waals surface area contributed by atoms with Gasteiger partial charge in [-0.25, -0.2) is 4.39 Å². The molecule has 2 nitrogen and oxygen atoms in total. The summed E-state index contributed by atoms with van der Waals surface area (Å²) in [4.78, 5) is 0. The number of hydrogen-bond acceptors (Lipinski definition) is 2. The summed E-state index contributed by atoms with van der Waals surface area (Å²) in [6.45, 7) is 0. The second kappa shape index (κ2) is 1.72. The van der Waals surface area contributed by atoms with Crippen molar-refractivity contribution in [2.75, 3.05) is 0 Å². The summed E-state index contributed by atoms with van der Waals surface area (Å²) in [5, 5.41) is 8.67. The summed E-state index contributed by atoms with van der Waals surface area (Å²) in [5.74, 6) is -7.17. The summed E-state index contributed by atoms with van der Waals surface area (Å²) in [5.41, 5.74) is 0. The van der Waals surface area contributed by atoms with E-state index in [1.807, 2.05) is 0 Å². The maximum absolute atomic E-state index is 12.8. The molecule has 64 valence electrons. The molecular weight excluding hydrogens is 161 g/mol. The van der Waals surface area contributed by atoms with Gasteiger partial charge in [-0.3, -0.25) is 0 Å². The van der Waals surface area contributed by atoms with E-state index in [0.717, 1.165) is 0 Å². The van der Waals surface area contributed by atoms with Crippen molar-refractivity contribution in [1.82, 2.24) is 0 Å². The lowest BCUT2D eigenvalue weighted by Crippen LogP contribution is -2.52. The highest BCUT2D eigenvalue weighted by atomic mass is 19.3. The van der Waals surface area contributed by atoms with Gasteiger partial charge in [-0.2, -0.15) is 8.78 Å². The largest absolute Gasteiger partial charge is 0.362 e. The van der Waals surface area contributed by atoms with Crippen LogP contribution >= 0.6 is 0 Å². The minimum Gasteiger partial charge on any atom is -0.362 e. The molecule has 2 aliphatic heterocycles. The van der Waals surface area contributed by atoms with Crippen LogP contribution in [0.15, 0.2) is 0 Å². The second-order valence-electron chi connectivity index (χ2n) is 2.99. The molecule has 2 saturated heterocycles. The Bertz CT molecular complexity index is 172. The smallest absolute Gasteiger partial charge is 0.333 e. The number of halogens is 3. The maximum atomic E-state index is 12.8. The highest BCUT2D eigenvalue weighted by Crippen LogP contribution is 2.52. The number of aliphatic hydroxyl groups is 1. The van der Waals surface area contributed by atoms with Crippen LogP contribution < -0.4 is 0 Å². The first kappa shape index (κ1) is 7.36. The second-order valence-corrected chi connectivity index (χ2v) is 2.99. The van der Waals surface area contributed by atoms with Crippen LogP contribution in [-0.4, -0.2) is 29.1 Å². The molecule has 5 heteroatoms. The Kier molecular flexibility index (Phi) is 1.15. The molecule has 0 spiro atoms. The first-order chi connectivity index (χ1) is 4.96. The molecule has 11 heavy (non-hydrogen) atoms. The Morgan fingerprint density at radius 2 is 1.73 bits per heavy atom. The predicted molar refractivity (Wildman–Crippen MR) is 28.9 cm³/mol. The van der Waals surface area contributed by atoms with Crippen molar-refractivity contribution >= 4 is 0 Å². The van der Waals surface area contributed by atoms with E-state index < -0.39 is 24.0 Å². The molecule has 0 aromatic carbocycles. The van der Waals surface area contributed by atoms with Gasteiger partial charge < -0.3 is 9.84 Å². The summed E-state index contributed by atoms with van der Waals surface area (Å²) >= 11 is 0. The molecule has 1 N–H and O–H groups in total. The van der Waals surface area contributed by atoms with Crippen LogP contribution in [0.2, 0.25) is 0 Å². The Balaban J connectivity index is 2.36. The van der Waals surface area contributed by atoms with Crippen molar-refractivity contribution < 1.29 is 23.0 Å². The van der Waals surface area contributed by atoms with E-state index in [2.05, 4.69) is 4.74 Å². The fraction of sp³-hybridized carbons (Fsp3) is 1.00. The van der Waals surface area contributed by atoms with Crippen molar-refractivity contribution in [1.29, 1.82) is 0 Å². The summed E-state index contributed by atoms with van der Waals surface area (Å²) in [6.07, 6.45) is -2.46.